The first kappa shape index (κ1) is 11.5. The molecular weight excluding hydrogens is 224 g/mol. The third-order valence-electron chi connectivity index (χ3n) is 3.76. The van der Waals surface area contributed by atoms with Crippen LogP contribution in [0.15, 0.2) is 42.6 Å². The molecule has 0 amide bonds. The van der Waals surface area contributed by atoms with Crippen molar-refractivity contribution < 1.29 is 5.11 Å². The summed E-state index contributed by atoms with van der Waals surface area (Å²) in [5, 5.41) is 14.4. The number of aliphatic hydroxyl groups excluding tert-OH is 1. The molecule has 1 fully saturated rings. The van der Waals surface area contributed by atoms with E-state index in [1.807, 2.05) is 41.2 Å². The predicted octanol–water partition coefficient (Wildman–Crippen LogP) is 2.58. The maximum Gasteiger partial charge on any atom is 0.0645 e. The van der Waals surface area contributed by atoms with Crippen molar-refractivity contribution in [3.05, 3.63) is 48.3 Å². The molecule has 3 rings (SSSR count). The van der Waals surface area contributed by atoms with Gasteiger partial charge in [-0.25, -0.2) is 4.68 Å². The van der Waals surface area contributed by atoms with E-state index >= 15 is 0 Å². The van der Waals surface area contributed by atoms with Crippen molar-refractivity contribution in [2.45, 2.75) is 31.8 Å². The molecule has 1 aliphatic rings. The van der Waals surface area contributed by atoms with Gasteiger partial charge in [-0.2, -0.15) is 5.10 Å². The van der Waals surface area contributed by atoms with E-state index in [4.69, 9.17) is 0 Å². The third kappa shape index (κ3) is 2.31. The molecule has 1 saturated carbocycles. The molecule has 2 aromatic rings. The van der Waals surface area contributed by atoms with Crippen LogP contribution in [0, 0.1) is 5.92 Å². The Morgan fingerprint density at radius 1 is 1.17 bits per heavy atom. The average molecular weight is 242 g/mol. The van der Waals surface area contributed by atoms with Gasteiger partial charge in [-0.15, -0.1) is 0 Å². The second kappa shape index (κ2) is 4.94. The Morgan fingerprint density at radius 2 is 2.00 bits per heavy atom. The van der Waals surface area contributed by atoms with Crippen LogP contribution < -0.4 is 0 Å². The van der Waals surface area contributed by atoms with E-state index in [2.05, 4.69) is 11.2 Å². The SMILES string of the molecule is OC1CCCC1Cc1ccn(-c2ccccc2)n1. The predicted molar refractivity (Wildman–Crippen MR) is 70.6 cm³/mol. The molecule has 0 aliphatic heterocycles. The summed E-state index contributed by atoms with van der Waals surface area (Å²) in [6.07, 6.45) is 5.97. The second-order valence-corrected chi connectivity index (χ2v) is 5.05. The highest BCUT2D eigenvalue weighted by Crippen LogP contribution is 2.28. The lowest BCUT2D eigenvalue weighted by Gasteiger charge is -2.12. The van der Waals surface area contributed by atoms with Gasteiger partial charge in [-0.3, -0.25) is 0 Å². The zero-order valence-corrected chi connectivity index (χ0v) is 10.4. The van der Waals surface area contributed by atoms with Crippen molar-refractivity contribution in [2.24, 2.45) is 5.92 Å². The van der Waals surface area contributed by atoms with E-state index in [1.54, 1.807) is 0 Å². The van der Waals surface area contributed by atoms with Crippen molar-refractivity contribution in [2.75, 3.05) is 0 Å². The largest absolute Gasteiger partial charge is 0.393 e. The van der Waals surface area contributed by atoms with E-state index < -0.39 is 0 Å². The molecule has 0 bridgehead atoms. The average Bonchev–Trinajstić information content (AvgIpc) is 3.02. The molecule has 0 saturated heterocycles. The summed E-state index contributed by atoms with van der Waals surface area (Å²) < 4.78 is 1.90. The van der Waals surface area contributed by atoms with Crippen LogP contribution in [-0.4, -0.2) is 21.0 Å². The third-order valence-corrected chi connectivity index (χ3v) is 3.76. The van der Waals surface area contributed by atoms with Gasteiger partial charge in [-0.05, 0) is 43.4 Å². The first-order valence-electron chi connectivity index (χ1n) is 6.61. The Balaban J connectivity index is 1.74. The van der Waals surface area contributed by atoms with Crippen LogP contribution in [0.1, 0.15) is 25.0 Å². The van der Waals surface area contributed by atoms with Crippen LogP contribution in [0.25, 0.3) is 5.69 Å². The normalized spacial score (nSPS) is 23.4. The minimum absolute atomic E-state index is 0.133. The monoisotopic (exact) mass is 242 g/mol. The minimum Gasteiger partial charge on any atom is -0.393 e. The fraction of sp³-hybridized carbons (Fsp3) is 0.400. The number of nitrogens with zero attached hydrogens (tertiary/aromatic N) is 2. The standard InChI is InChI=1S/C15H18N2O/c18-15-8-4-5-12(15)11-13-9-10-17(16-13)14-6-2-1-3-7-14/h1-3,6-7,9-10,12,15,18H,4-5,8,11H2. The summed E-state index contributed by atoms with van der Waals surface area (Å²) in [6, 6.07) is 12.2. The van der Waals surface area contributed by atoms with E-state index in [0.717, 1.165) is 37.1 Å². The maximum atomic E-state index is 9.84. The van der Waals surface area contributed by atoms with Gasteiger partial charge in [0.05, 0.1) is 17.5 Å². The van der Waals surface area contributed by atoms with Gasteiger partial charge in [0.25, 0.3) is 0 Å². The van der Waals surface area contributed by atoms with E-state index in [-0.39, 0.29) is 6.10 Å². The second-order valence-electron chi connectivity index (χ2n) is 5.05. The summed E-state index contributed by atoms with van der Waals surface area (Å²) in [5.41, 5.74) is 2.15. The first-order chi connectivity index (χ1) is 8.83. The zero-order valence-electron chi connectivity index (χ0n) is 10.4. The highest BCUT2D eigenvalue weighted by Gasteiger charge is 2.25. The molecule has 2 atom stereocenters. The van der Waals surface area contributed by atoms with Crippen LogP contribution in [0.2, 0.25) is 0 Å². The number of hydrogen-bond donors (Lipinski definition) is 1. The number of aromatic nitrogens is 2. The Hall–Kier alpha value is -1.61. The molecular formula is C15H18N2O. The van der Waals surface area contributed by atoms with Gasteiger partial charge < -0.3 is 5.11 Å². The van der Waals surface area contributed by atoms with E-state index in [0.29, 0.717) is 5.92 Å². The quantitative estimate of drug-likeness (QED) is 0.898. The smallest absolute Gasteiger partial charge is 0.0645 e. The lowest BCUT2D eigenvalue weighted by atomic mass is 10.00. The Kier molecular flexibility index (Phi) is 3.15. The van der Waals surface area contributed by atoms with Gasteiger partial charge in [0, 0.05) is 6.20 Å². The summed E-state index contributed by atoms with van der Waals surface area (Å²) >= 11 is 0. The molecule has 1 aromatic heterocycles. The van der Waals surface area contributed by atoms with Crippen LogP contribution in [0.3, 0.4) is 0 Å². The number of para-hydroxylation sites is 1. The number of rotatable bonds is 3. The lowest BCUT2D eigenvalue weighted by molar-refractivity contribution is 0.132. The van der Waals surface area contributed by atoms with Crippen molar-refractivity contribution in [1.82, 2.24) is 9.78 Å². The van der Waals surface area contributed by atoms with Crippen LogP contribution >= 0.6 is 0 Å². The molecule has 3 nitrogen and oxygen atoms in total. The molecule has 0 radical (unpaired) electrons. The van der Waals surface area contributed by atoms with Crippen molar-refractivity contribution >= 4 is 0 Å². The van der Waals surface area contributed by atoms with Crippen molar-refractivity contribution in [3.8, 4) is 5.69 Å². The highest BCUT2D eigenvalue weighted by molar-refractivity contribution is 5.30. The number of benzene rings is 1. The molecule has 1 N–H and O–H groups in total. The summed E-state index contributed by atoms with van der Waals surface area (Å²) in [7, 11) is 0. The van der Waals surface area contributed by atoms with Crippen molar-refractivity contribution in [1.29, 1.82) is 0 Å². The fourth-order valence-electron chi connectivity index (χ4n) is 2.72. The van der Waals surface area contributed by atoms with Crippen molar-refractivity contribution in [3.63, 3.8) is 0 Å². The number of hydrogen-bond acceptors (Lipinski definition) is 2. The molecule has 2 unspecified atom stereocenters. The maximum absolute atomic E-state index is 9.84. The fourth-order valence-corrected chi connectivity index (χ4v) is 2.72. The minimum atomic E-state index is -0.133. The molecule has 1 aliphatic carbocycles. The highest BCUT2D eigenvalue weighted by atomic mass is 16.3. The summed E-state index contributed by atoms with van der Waals surface area (Å²) in [4.78, 5) is 0. The van der Waals surface area contributed by atoms with Crippen LogP contribution in [-0.2, 0) is 6.42 Å². The molecule has 3 heteroatoms. The van der Waals surface area contributed by atoms with Crippen LogP contribution in [0.5, 0.6) is 0 Å². The number of aliphatic hydroxyl groups is 1. The molecule has 0 spiro atoms. The van der Waals surface area contributed by atoms with E-state index in [1.165, 1.54) is 0 Å². The van der Waals surface area contributed by atoms with Gasteiger partial charge in [0.1, 0.15) is 0 Å². The van der Waals surface area contributed by atoms with Gasteiger partial charge in [0.15, 0.2) is 0 Å². The zero-order chi connectivity index (χ0) is 12.4. The Morgan fingerprint density at radius 3 is 2.72 bits per heavy atom. The summed E-state index contributed by atoms with van der Waals surface area (Å²) in [6.45, 7) is 0. The molecule has 1 aromatic carbocycles. The van der Waals surface area contributed by atoms with Crippen LogP contribution in [0.4, 0.5) is 0 Å². The molecule has 94 valence electrons. The lowest BCUT2D eigenvalue weighted by Crippen LogP contribution is -2.15. The Bertz CT molecular complexity index is 506. The first-order valence-corrected chi connectivity index (χ1v) is 6.61. The Labute approximate surface area is 107 Å². The van der Waals surface area contributed by atoms with E-state index in [9.17, 15) is 5.11 Å². The van der Waals surface area contributed by atoms with Gasteiger partial charge in [-0.1, -0.05) is 24.6 Å². The summed E-state index contributed by atoms with van der Waals surface area (Å²) in [5.74, 6) is 0.393. The van der Waals surface area contributed by atoms with Gasteiger partial charge >= 0.3 is 0 Å². The van der Waals surface area contributed by atoms with Gasteiger partial charge in [0.2, 0.25) is 0 Å². The topological polar surface area (TPSA) is 38.0 Å². The molecule has 1 heterocycles. The molecule has 18 heavy (non-hydrogen) atoms.